The van der Waals surface area contributed by atoms with Crippen LogP contribution in [-0.2, 0) is 9.53 Å². The fourth-order valence-corrected chi connectivity index (χ4v) is 2.12. The zero-order valence-corrected chi connectivity index (χ0v) is 12.6. The first-order valence-corrected chi connectivity index (χ1v) is 6.89. The monoisotopic (exact) mass is 298 g/mol. The molecule has 0 aliphatic heterocycles. The zero-order chi connectivity index (χ0) is 16.1. The number of hydrogen-bond donors (Lipinski definition) is 1. The Hall–Kier alpha value is -2.69. The van der Waals surface area contributed by atoms with E-state index in [-0.39, 0.29) is 5.91 Å². The number of rotatable bonds is 5. The van der Waals surface area contributed by atoms with Crippen molar-refractivity contribution in [2.24, 2.45) is 0 Å². The van der Waals surface area contributed by atoms with Crippen molar-refractivity contribution in [2.45, 2.75) is 19.4 Å². The first-order chi connectivity index (χ1) is 10.5. The smallest absolute Gasteiger partial charge is 0.328 e. The van der Waals surface area contributed by atoms with Crippen LogP contribution in [0.1, 0.15) is 23.7 Å². The van der Waals surface area contributed by atoms with Gasteiger partial charge in [-0.05, 0) is 25.5 Å². The maximum atomic E-state index is 12.3. The van der Waals surface area contributed by atoms with E-state index >= 15 is 0 Å². The fourth-order valence-electron chi connectivity index (χ4n) is 2.12. The Kier molecular flexibility index (Phi) is 4.88. The molecule has 22 heavy (non-hydrogen) atoms. The molecular formula is C17H18N2O3. The van der Waals surface area contributed by atoms with Crippen molar-refractivity contribution in [1.82, 2.24) is 10.3 Å². The summed E-state index contributed by atoms with van der Waals surface area (Å²) in [7, 11) is 1.29. The van der Waals surface area contributed by atoms with E-state index in [0.717, 1.165) is 16.5 Å². The van der Waals surface area contributed by atoms with E-state index in [1.165, 1.54) is 13.3 Å². The minimum Gasteiger partial charge on any atom is -0.467 e. The van der Waals surface area contributed by atoms with E-state index in [2.05, 4.69) is 16.9 Å². The second-order valence-corrected chi connectivity index (χ2v) is 5.13. The lowest BCUT2D eigenvalue weighted by atomic mass is 10.1. The summed E-state index contributed by atoms with van der Waals surface area (Å²) in [4.78, 5) is 28.3. The van der Waals surface area contributed by atoms with Crippen molar-refractivity contribution in [3.63, 3.8) is 0 Å². The van der Waals surface area contributed by atoms with Crippen LogP contribution >= 0.6 is 0 Å². The molecular weight excluding hydrogens is 280 g/mol. The number of carbonyl (C=O) groups excluding carboxylic acids is 2. The van der Waals surface area contributed by atoms with Gasteiger partial charge in [-0.15, -0.1) is 6.58 Å². The van der Waals surface area contributed by atoms with Gasteiger partial charge in [0, 0.05) is 11.6 Å². The largest absolute Gasteiger partial charge is 0.467 e. The number of nitrogens with one attached hydrogen (secondary N) is 1. The third kappa shape index (κ3) is 3.69. The van der Waals surface area contributed by atoms with Crippen molar-refractivity contribution in [3.05, 3.63) is 54.2 Å². The maximum absolute atomic E-state index is 12.3. The summed E-state index contributed by atoms with van der Waals surface area (Å²) in [5.74, 6) is -0.861. The number of methoxy groups -OCH3 is 1. The molecule has 0 saturated carbocycles. The van der Waals surface area contributed by atoms with E-state index in [1.807, 2.05) is 24.3 Å². The Balaban J connectivity index is 2.20. The topological polar surface area (TPSA) is 68.3 Å². The lowest BCUT2D eigenvalue weighted by Gasteiger charge is -2.16. The van der Waals surface area contributed by atoms with Crippen LogP contribution < -0.4 is 5.32 Å². The highest BCUT2D eigenvalue weighted by Crippen LogP contribution is 2.13. The van der Waals surface area contributed by atoms with E-state index < -0.39 is 12.0 Å². The lowest BCUT2D eigenvalue weighted by molar-refractivity contribution is -0.142. The van der Waals surface area contributed by atoms with Crippen LogP contribution in [-0.4, -0.2) is 30.0 Å². The second-order valence-electron chi connectivity index (χ2n) is 5.13. The number of amides is 1. The van der Waals surface area contributed by atoms with Gasteiger partial charge in [0.1, 0.15) is 6.04 Å². The minimum absolute atomic E-state index is 0.333. The first-order valence-electron chi connectivity index (χ1n) is 6.89. The molecule has 0 saturated heterocycles. The normalized spacial score (nSPS) is 11.7. The Morgan fingerprint density at radius 2 is 2.09 bits per heavy atom. The van der Waals surface area contributed by atoms with Gasteiger partial charge in [-0.1, -0.05) is 23.8 Å². The number of nitrogens with zero attached hydrogens (tertiary/aromatic N) is 1. The summed E-state index contributed by atoms with van der Waals surface area (Å²) in [5, 5.41) is 3.53. The second kappa shape index (κ2) is 6.85. The molecule has 0 aliphatic rings. The van der Waals surface area contributed by atoms with Gasteiger partial charge in [-0.2, -0.15) is 0 Å². The third-order valence-corrected chi connectivity index (χ3v) is 3.20. The van der Waals surface area contributed by atoms with Gasteiger partial charge in [0.15, 0.2) is 0 Å². The summed E-state index contributed by atoms with van der Waals surface area (Å²) >= 11 is 0. The Morgan fingerprint density at radius 3 is 2.77 bits per heavy atom. The number of fused-ring (bicyclic) bond motifs is 1. The molecule has 1 atom stereocenters. The number of aromatic nitrogens is 1. The van der Waals surface area contributed by atoms with Gasteiger partial charge < -0.3 is 10.1 Å². The van der Waals surface area contributed by atoms with E-state index in [1.54, 1.807) is 13.0 Å². The number of carbonyl (C=O) groups is 2. The number of para-hydroxylation sites is 1. The van der Waals surface area contributed by atoms with Crippen LogP contribution in [0.15, 0.2) is 48.7 Å². The molecule has 0 spiro atoms. The quantitative estimate of drug-likeness (QED) is 0.680. The third-order valence-electron chi connectivity index (χ3n) is 3.20. The average molecular weight is 298 g/mol. The number of benzene rings is 1. The SMILES string of the molecule is C=C(C)C[C@@H](NC(=O)c1cnc2ccccc2c1)C(=O)OC. The van der Waals surface area contributed by atoms with Crippen LogP contribution in [0.5, 0.6) is 0 Å². The molecule has 1 heterocycles. The van der Waals surface area contributed by atoms with E-state index in [9.17, 15) is 9.59 Å². The lowest BCUT2D eigenvalue weighted by Crippen LogP contribution is -2.41. The molecule has 2 aromatic rings. The summed E-state index contributed by atoms with van der Waals surface area (Å²) in [6.07, 6.45) is 1.83. The minimum atomic E-state index is -0.749. The molecule has 1 N–H and O–H groups in total. The molecule has 2 rings (SSSR count). The van der Waals surface area contributed by atoms with Gasteiger partial charge in [0.05, 0.1) is 18.2 Å². The number of ether oxygens (including phenoxy) is 1. The highest BCUT2D eigenvalue weighted by molar-refractivity contribution is 5.99. The fraction of sp³-hybridized carbons (Fsp3) is 0.235. The molecule has 0 fully saturated rings. The molecule has 0 radical (unpaired) electrons. The Morgan fingerprint density at radius 1 is 1.36 bits per heavy atom. The van der Waals surface area contributed by atoms with Gasteiger partial charge in [0.2, 0.25) is 0 Å². The Bertz CT molecular complexity index is 725. The van der Waals surface area contributed by atoms with Crippen molar-refractivity contribution < 1.29 is 14.3 Å². The number of pyridine rings is 1. The van der Waals surface area contributed by atoms with E-state index in [4.69, 9.17) is 4.74 Å². The van der Waals surface area contributed by atoms with Gasteiger partial charge in [-0.25, -0.2) is 4.79 Å². The van der Waals surface area contributed by atoms with Crippen LogP contribution in [0.4, 0.5) is 0 Å². The predicted molar refractivity (Wildman–Crippen MR) is 84.4 cm³/mol. The molecule has 1 amide bonds. The molecule has 5 heteroatoms. The summed E-state index contributed by atoms with van der Waals surface area (Å²) in [6.45, 7) is 5.55. The van der Waals surface area contributed by atoms with Crippen molar-refractivity contribution in [2.75, 3.05) is 7.11 Å². The number of esters is 1. The highest BCUT2D eigenvalue weighted by Gasteiger charge is 2.22. The van der Waals surface area contributed by atoms with Crippen LogP contribution in [0.2, 0.25) is 0 Å². The average Bonchev–Trinajstić information content (AvgIpc) is 2.52. The Labute approximate surface area is 129 Å². The summed E-state index contributed by atoms with van der Waals surface area (Å²) in [6, 6.07) is 8.51. The van der Waals surface area contributed by atoms with Gasteiger partial charge in [-0.3, -0.25) is 9.78 Å². The van der Waals surface area contributed by atoms with Gasteiger partial charge >= 0.3 is 5.97 Å². The molecule has 1 aromatic carbocycles. The molecule has 114 valence electrons. The van der Waals surface area contributed by atoms with Crippen molar-refractivity contribution in [1.29, 1.82) is 0 Å². The summed E-state index contributed by atoms with van der Waals surface area (Å²) in [5.41, 5.74) is 1.99. The van der Waals surface area contributed by atoms with Crippen molar-refractivity contribution >= 4 is 22.8 Å². The molecule has 5 nitrogen and oxygen atoms in total. The predicted octanol–water partition coefficient (Wildman–Crippen LogP) is 2.47. The molecule has 1 aromatic heterocycles. The zero-order valence-electron chi connectivity index (χ0n) is 12.6. The highest BCUT2D eigenvalue weighted by atomic mass is 16.5. The molecule has 0 unspecified atom stereocenters. The van der Waals surface area contributed by atoms with Crippen LogP contribution in [0, 0.1) is 0 Å². The van der Waals surface area contributed by atoms with Crippen LogP contribution in [0.25, 0.3) is 10.9 Å². The van der Waals surface area contributed by atoms with Crippen molar-refractivity contribution in [3.8, 4) is 0 Å². The van der Waals surface area contributed by atoms with E-state index in [0.29, 0.717) is 12.0 Å². The van der Waals surface area contributed by atoms with Gasteiger partial charge in [0.25, 0.3) is 5.91 Å². The standard InChI is InChI=1S/C17H18N2O3/c1-11(2)8-15(17(21)22-3)19-16(20)13-9-12-6-4-5-7-14(12)18-10-13/h4-7,9-10,15H,1,8H2,2-3H3,(H,19,20)/t15-/m1/s1. The van der Waals surface area contributed by atoms with Crippen LogP contribution in [0.3, 0.4) is 0 Å². The molecule has 0 aliphatic carbocycles. The first kappa shape index (κ1) is 15.7. The number of hydrogen-bond acceptors (Lipinski definition) is 4. The summed E-state index contributed by atoms with van der Waals surface area (Å²) < 4.78 is 4.71. The maximum Gasteiger partial charge on any atom is 0.328 e. The molecule has 0 bridgehead atoms.